The van der Waals surface area contributed by atoms with Crippen molar-refractivity contribution in [2.45, 2.75) is 18.9 Å². The minimum atomic E-state index is -1.09. The number of benzene rings is 2. The highest BCUT2D eigenvalue weighted by Crippen LogP contribution is 2.32. The van der Waals surface area contributed by atoms with Crippen LogP contribution in [0.25, 0.3) is 0 Å². The van der Waals surface area contributed by atoms with Crippen molar-refractivity contribution in [3.63, 3.8) is 0 Å². The number of nitrogens with one attached hydrogen (secondary N) is 1. The molecular weight excluding hydrogens is 318 g/mol. The Balaban J connectivity index is 1.66. The third-order valence-corrected chi connectivity index (χ3v) is 3.97. The van der Waals surface area contributed by atoms with Crippen LogP contribution in [0.3, 0.4) is 0 Å². The Hall–Kier alpha value is -2.73. The number of rotatable bonds is 4. The van der Waals surface area contributed by atoms with Crippen LogP contribution in [0.2, 0.25) is 0 Å². The van der Waals surface area contributed by atoms with Crippen LogP contribution in [0.1, 0.15) is 18.9 Å². The summed E-state index contributed by atoms with van der Waals surface area (Å²) in [4.78, 5) is 4.26. The lowest BCUT2D eigenvalue weighted by atomic mass is 9.96. The predicted molar refractivity (Wildman–Crippen MR) is 98.2 cm³/mol. The van der Waals surface area contributed by atoms with Gasteiger partial charge in [-0.2, -0.15) is 0 Å². The van der Waals surface area contributed by atoms with Gasteiger partial charge in [-0.15, -0.1) is 0 Å². The molecule has 0 bridgehead atoms. The second-order valence-electron chi connectivity index (χ2n) is 6.18. The molecule has 0 saturated heterocycles. The van der Waals surface area contributed by atoms with Gasteiger partial charge in [0.25, 0.3) is 0 Å². The van der Waals surface area contributed by atoms with E-state index in [9.17, 15) is 5.11 Å². The number of nitrogens with zero attached hydrogens (tertiary/aromatic N) is 1. The van der Waals surface area contributed by atoms with Crippen molar-refractivity contribution in [1.29, 1.82) is 0 Å². The molecule has 1 aliphatic heterocycles. The Kier molecular flexibility index (Phi) is 5.09. The average molecular weight is 341 g/mol. The van der Waals surface area contributed by atoms with Gasteiger partial charge >= 0.3 is 0 Å². The van der Waals surface area contributed by atoms with Crippen molar-refractivity contribution in [1.82, 2.24) is 0 Å². The highest BCUT2D eigenvalue weighted by atomic mass is 16.5. The molecule has 0 aromatic heterocycles. The Bertz CT molecular complexity index is 745. The molecule has 1 heterocycles. The molecule has 132 valence electrons. The minimum absolute atomic E-state index is 0.153. The second-order valence-corrected chi connectivity index (χ2v) is 6.18. The van der Waals surface area contributed by atoms with Crippen LogP contribution in [-0.2, 0) is 5.60 Å². The summed E-state index contributed by atoms with van der Waals surface area (Å²) in [5.74, 6) is 1.64. The van der Waals surface area contributed by atoms with E-state index in [0.717, 1.165) is 23.4 Å². The smallest absolute Gasteiger partial charge is 0.193 e. The molecule has 0 amide bonds. The molecule has 1 atom stereocenters. The summed E-state index contributed by atoms with van der Waals surface area (Å²) < 4.78 is 11.3. The molecule has 6 nitrogen and oxygen atoms in total. The first-order valence-electron chi connectivity index (χ1n) is 8.29. The van der Waals surface area contributed by atoms with E-state index in [1.807, 2.05) is 48.5 Å². The number of aliphatic hydroxyl groups is 1. The molecule has 3 rings (SSSR count). The highest BCUT2D eigenvalue weighted by molar-refractivity contribution is 5.92. The first-order chi connectivity index (χ1) is 12.0. The molecule has 25 heavy (non-hydrogen) atoms. The fraction of sp³-hybridized carbons (Fsp3) is 0.316. The molecule has 1 aliphatic rings. The van der Waals surface area contributed by atoms with Gasteiger partial charge in [0.05, 0.1) is 19.8 Å². The highest BCUT2D eigenvalue weighted by Gasteiger charge is 2.22. The van der Waals surface area contributed by atoms with E-state index in [4.69, 9.17) is 15.2 Å². The van der Waals surface area contributed by atoms with E-state index in [1.165, 1.54) is 0 Å². The standard InChI is InChI=1S/C19H23N3O3/c1-19(23,14-6-3-2-4-7-14)13-21-18(20)22-15-8-9-16-17(12-15)25-11-5-10-24-16/h2-4,6-9,12,23H,5,10-11,13H2,1H3,(H3,20,21,22). The molecule has 0 spiro atoms. The Labute approximate surface area is 147 Å². The van der Waals surface area contributed by atoms with Crippen LogP contribution >= 0.6 is 0 Å². The fourth-order valence-electron chi connectivity index (χ4n) is 2.56. The molecular formula is C19H23N3O3. The first kappa shape index (κ1) is 17.1. The van der Waals surface area contributed by atoms with Crippen LogP contribution in [0.15, 0.2) is 53.5 Å². The SMILES string of the molecule is CC(O)(CN=C(N)Nc1ccc2c(c1)OCCCO2)c1ccccc1. The first-order valence-corrected chi connectivity index (χ1v) is 8.29. The Morgan fingerprint density at radius 2 is 1.88 bits per heavy atom. The molecule has 0 aliphatic carbocycles. The maximum atomic E-state index is 10.6. The van der Waals surface area contributed by atoms with Crippen LogP contribution < -0.4 is 20.5 Å². The van der Waals surface area contributed by atoms with Gasteiger partial charge in [-0.1, -0.05) is 30.3 Å². The summed E-state index contributed by atoms with van der Waals surface area (Å²) in [5, 5.41) is 13.6. The van der Waals surface area contributed by atoms with E-state index in [2.05, 4.69) is 10.3 Å². The summed E-state index contributed by atoms with van der Waals surface area (Å²) in [6, 6.07) is 14.9. The molecule has 0 fully saturated rings. The topological polar surface area (TPSA) is 89.1 Å². The second kappa shape index (κ2) is 7.44. The fourth-order valence-corrected chi connectivity index (χ4v) is 2.56. The van der Waals surface area contributed by atoms with Gasteiger partial charge in [0.1, 0.15) is 5.60 Å². The van der Waals surface area contributed by atoms with Gasteiger partial charge in [0, 0.05) is 18.2 Å². The number of ether oxygens (including phenoxy) is 2. The van der Waals surface area contributed by atoms with E-state index >= 15 is 0 Å². The molecule has 6 heteroatoms. The monoisotopic (exact) mass is 341 g/mol. The van der Waals surface area contributed by atoms with Crippen LogP contribution in [0.4, 0.5) is 5.69 Å². The number of guanidine groups is 1. The van der Waals surface area contributed by atoms with Crippen molar-refractivity contribution in [2.75, 3.05) is 25.1 Å². The zero-order valence-electron chi connectivity index (χ0n) is 14.2. The van der Waals surface area contributed by atoms with Crippen LogP contribution in [0.5, 0.6) is 11.5 Å². The summed E-state index contributed by atoms with van der Waals surface area (Å²) in [7, 11) is 0. The van der Waals surface area contributed by atoms with Crippen molar-refractivity contribution in [3.05, 3.63) is 54.1 Å². The van der Waals surface area contributed by atoms with E-state index < -0.39 is 5.60 Å². The zero-order chi connectivity index (χ0) is 17.7. The maximum Gasteiger partial charge on any atom is 0.193 e. The number of hydrogen-bond donors (Lipinski definition) is 3. The van der Waals surface area contributed by atoms with Gasteiger partial charge in [0.15, 0.2) is 17.5 Å². The lowest BCUT2D eigenvalue weighted by Gasteiger charge is -2.21. The molecule has 0 saturated carbocycles. The third-order valence-electron chi connectivity index (χ3n) is 3.97. The zero-order valence-corrected chi connectivity index (χ0v) is 14.2. The number of hydrogen-bond acceptors (Lipinski definition) is 4. The van der Waals surface area contributed by atoms with Gasteiger partial charge in [-0.25, -0.2) is 4.99 Å². The van der Waals surface area contributed by atoms with Crippen molar-refractivity contribution < 1.29 is 14.6 Å². The van der Waals surface area contributed by atoms with Gasteiger partial charge in [0.2, 0.25) is 0 Å². The van der Waals surface area contributed by atoms with Gasteiger partial charge in [-0.3, -0.25) is 0 Å². The lowest BCUT2D eigenvalue weighted by Crippen LogP contribution is -2.29. The summed E-state index contributed by atoms with van der Waals surface area (Å²) >= 11 is 0. The number of nitrogens with two attached hydrogens (primary N) is 1. The molecule has 2 aromatic carbocycles. The minimum Gasteiger partial charge on any atom is -0.490 e. The summed E-state index contributed by atoms with van der Waals surface area (Å²) in [6.45, 7) is 3.14. The largest absolute Gasteiger partial charge is 0.490 e. The normalized spacial score (nSPS) is 16.6. The third kappa shape index (κ3) is 4.42. The lowest BCUT2D eigenvalue weighted by molar-refractivity contribution is 0.0674. The number of anilines is 1. The molecule has 4 N–H and O–H groups in total. The molecule has 0 radical (unpaired) electrons. The number of fused-ring (bicyclic) bond motifs is 1. The molecule has 2 aromatic rings. The van der Waals surface area contributed by atoms with E-state index in [-0.39, 0.29) is 12.5 Å². The maximum absolute atomic E-state index is 10.6. The average Bonchev–Trinajstić information content (AvgIpc) is 2.86. The Morgan fingerprint density at radius 3 is 2.64 bits per heavy atom. The molecule has 1 unspecified atom stereocenters. The Morgan fingerprint density at radius 1 is 1.16 bits per heavy atom. The summed E-state index contributed by atoms with van der Waals surface area (Å²) in [6.07, 6.45) is 0.857. The van der Waals surface area contributed by atoms with E-state index in [1.54, 1.807) is 6.92 Å². The van der Waals surface area contributed by atoms with Crippen molar-refractivity contribution >= 4 is 11.6 Å². The van der Waals surface area contributed by atoms with Crippen molar-refractivity contribution in [3.8, 4) is 11.5 Å². The predicted octanol–water partition coefficient (Wildman–Crippen LogP) is 2.48. The van der Waals surface area contributed by atoms with Crippen LogP contribution in [-0.4, -0.2) is 30.8 Å². The summed E-state index contributed by atoms with van der Waals surface area (Å²) in [5.41, 5.74) is 6.42. The van der Waals surface area contributed by atoms with E-state index in [0.29, 0.717) is 19.0 Å². The van der Waals surface area contributed by atoms with Crippen LogP contribution in [0, 0.1) is 0 Å². The number of aliphatic imine (C=N–C) groups is 1. The van der Waals surface area contributed by atoms with Crippen molar-refractivity contribution in [2.24, 2.45) is 10.7 Å². The van der Waals surface area contributed by atoms with Gasteiger partial charge in [-0.05, 0) is 24.6 Å². The van der Waals surface area contributed by atoms with Gasteiger partial charge < -0.3 is 25.6 Å². The quantitative estimate of drug-likeness (QED) is 0.587.